The van der Waals surface area contributed by atoms with E-state index < -0.39 is 0 Å². The van der Waals surface area contributed by atoms with Crippen LogP contribution >= 0.6 is 35.3 Å². The van der Waals surface area contributed by atoms with Crippen LogP contribution in [0.2, 0.25) is 0 Å². The quantitative estimate of drug-likeness (QED) is 0.399. The molecule has 0 radical (unpaired) electrons. The smallest absolute Gasteiger partial charge is 0.130 e. The zero-order chi connectivity index (χ0) is 17.7. The van der Waals surface area contributed by atoms with Gasteiger partial charge in [0.25, 0.3) is 0 Å². The molecule has 0 N–H and O–H groups in total. The number of hydrogen-bond acceptors (Lipinski definition) is 6. The summed E-state index contributed by atoms with van der Waals surface area (Å²) >= 11 is 5.51. The zero-order valence-electron chi connectivity index (χ0n) is 14.8. The maximum absolute atomic E-state index is 11.0. The highest BCUT2D eigenvalue weighted by Gasteiger charge is 2.24. The van der Waals surface area contributed by atoms with E-state index >= 15 is 0 Å². The molecule has 0 aliphatic carbocycles. The third-order valence-corrected chi connectivity index (χ3v) is 7.33. The highest BCUT2D eigenvalue weighted by molar-refractivity contribution is 8.01. The minimum atomic E-state index is 0.171. The third kappa shape index (κ3) is 15.3. The van der Waals surface area contributed by atoms with Gasteiger partial charge in [-0.1, -0.05) is 6.92 Å². The van der Waals surface area contributed by atoms with Crippen molar-refractivity contribution in [3.63, 3.8) is 0 Å². The molecule has 0 rings (SSSR count). The van der Waals surface area contributed by atoms with Gasteiger partial charge in [0.05, 0.1) is 0 Å². The number of thioether (sulfide) groups is 3. The van der Waals surface area contributed by atoms with Crippen molar-refractivity contribution in [2.45, 2.75) is 47.0 Å². The van der Waals surface area contributed by atoms with Crippen LogP contribution < -0.4 is 0 Å². The van der Waals surface area contributed by atoms with Crippen LogP contribution in [0.1, 0.15) is 47.0 Å². The molecule has 0 aromatic rings. The molecule has 0 unspecified atom stereocenters. The molecule has 134 valence electrons. The molecule has 6 heteroatoms. The van der Waals surface area contributed by atoms with Gasteiger partial charge >= 0.3 is 0 Å². The second kappa shape index (κ2) is 13.4. The van der Waals surface area contributed by atoms with E-state index in [0.29, 0.717) is 19.3 Å². The molecule has 0 amide bonds. The summed E-state index contributed by atoms with van der Waals surface area (Å²) in [6.45, 7) is 7.17. The molecule has 0 saturated carbocycles. The molecule has 0 aromatic carbocycles. The first-order chi connectivity index (χ1) is 10.7. The van der Waals surface area contributed by atoms with E-state index in [0.717, 1.165) is 34.5 Å². The topological polar surface area (TPSA) is 51.2 Å². The Morgan fingerprint density at radius 3 is 1.13 bits per heavy atom. The van der Waals surface area contributed by atoms with Crippen LogP contribution in [0.5, 0.6) is 0 Å². The van der Waals surface area contributed by atoms with Crippen LogP contribution in [0.4, 0.5) is 0 Å². The Hall–Kier alpha value is 0.0600. The van der Waals surface area contributed by atoms with Gasteiger partial charge in [-0.15, -0.1) is 0 Å². The van der Waals surface area contributed by atoms with Crippen LogP contribution in [-0.2, 0) is 14.4 Å². The maximum Gasteiger partial charge on any atom is 0.130 e. The van der Waals surface area contributed by atoms with Gasteiger partial charge < -0.3 is 0 Å². The average Bonchev–Trinajstić information content (AvgIpc) is 2.44. The average molecular weight is 379 g/mol. The lowest BCUT2D eigenvalue weighted by atomic mass is 9.99. The summed E-state index contributed by atoms with van der Waals surface area (Å²) in [4.78, 5) is 33.1. The van der Waals surface area contributed by atoms with Gasteiger partial charge in [-0.3, -0.25) is 14.4 Å². The van der Waals surface area contributed by atoms with Crippen molar-refractivity contribution >= 4 is 52.6 Å². The molecule has 0 aliphatic rings. The van der Waals surface area contributed by atoms with E-state index in [2.05, 4.69) is 6.92 Å². The van der Waals surface area contributed by atoms with Gasteiger partial charge in [-0.05, 0) is 26.2 Å². The highest BCUT2D eigenvalue weighted by Crippen LogP contribution is 2.32. The number of rotatable bonds is 15. The summed E-state index contributed by atoms with van der Waals surface area (Å²) in [7, 11) is 0. The van der Waals surface area contributed by atoms with Crippen molar-refractivity contribution in [2.75, 3.05) is 34.5 Å². The van der Waals surface area contributed by atoms with Gasteiger partial charge in [-0.25, -0.2) is 0 Å². The van der Waals surface area contributed by atoms with Crippen LogP contribution in [0.25, 0.3) is 0 Å². The Bertz CT molecular complexity index is 328. The molecule has 0 aromatic heterocycles. The Morgan fingerprint density at radius 2 is 0.913 bits per heavy atom. The third-order valence-electron chi connectivity index (χ3n) is 3.15. The van der Waals surface area contributed by atoms with E-state index in [-0.39, 0.29) is 22.8 Å². The SMILES string of the molecule is CC(=O)CCSCC(C)(CSCCC(C)=O)CSCCC(C)=O. The Balaban J connectivity index is 4.23. The van der Waals surface area contributed by atoms with Crippen LogP contribution in [-0.4, -0.2) is 51.9 Å². The molecule has 0 spiro atoms. The second-order valence-electron chi connectivity index (χ2n) is 6.32. The molecule has 0 bridgehead atoms. The van der Waals surface area contributed by atoms with E-state index in [1.165, 1.54) is 0 Å². The van der Waals surface area contributed by atoms with E-state index in [1.54, 1.807) is 20.8 Å². The predicted octanol–water partition coefficient (Wildman–Crippen LogP) is 4.13. The number of hydrogen-bond donors (Lipinski definition) is 0. The van der Waals surface area contributed by atoms with E-state index in [4.69, 9.17) is 0 Å². The predicted molar refractivity (Wildman–Crippen MR) is 106 cm³/mol. The normalized spacial score (nSPS) is 11.5. The number of ketones is 3. The largest absolute Gasteiger partial charge is 0.300 e. The molecule has 0 atom stereocenters. The zero-order valence-corrected chi connectivity index (χ0v) is 17.3. The summed E-state index contributed by atoms with van der Waals surface area (Å²) < 4.78 is 0. The lowest BCUT2D eigenvalue weighted by molar-refractivity contribution is -0.117. The van der Waals surface area contributed by atoms with Crippen molar-refractivity contribution in [2.24, 2.45) is 5.41 Å². The monoisotopic (exact) mass is 378 g/mol. The standard InChI is InChI=1S/C17H30O3S3/c1-14(18)5-8-21-11-17(4,12-22-9-6-15(2)19)13-23-10-7-16(3)20/h5-13H2,1-4H3. The van der Waals surface area contributed by atoms with Crippen molar-refractivity contribution in [3.8, 4) is 0 Å². The first kappa shape index (κ1) is 23.1. The Kier molecular flexibility index (Phi) is 13.4. The van der Waals surface area contributed by atoms with Crippen molar-refractivity contribution in [3.05, 3.63) is 0 Å². The molecule has 0 aliphatic heterocycles. The fourth-order valence-electron chi connectivity index (χ4n) is 1.73. The molecular formula is C17H30O3S3. The van der Waals surface area contributed by atoms with Crippen LogP contribution in [0.3, 0.4) is 0 Å². The molecular weight excluding hydrogens is 348 g/mol. The minimum absolute atomic E-state index is 0.171. The highest BCUT2D eigenvalue weighted by atomic mass is 32.2. The first-order valence-corrected chi connectivity index (χ1v) is 11.4. The van der Waals surface area contributed by atoms with E-state index in [9.17, 15) is 14.4 Å². The summed E-state index contributed by atoms with van der Waals surface area (Å²) in [6, 6.07) is 0. The Labute approximate surface area is 153 Å². The fourth-order valence-corrected chi connectivity index (χ4v) is 5.94. The summed E-state index contributed by atoms with van der Waals surface area (Å²) in [5, 5.41) is 0. The van der Waals surface area contributed by atoms with Crippen LogP contribution in [0, 0.1) is 5.41 Å². The fraction of sp³-hybridized carbons (Fsp3) is 0.824. The first-order valence-electron chi connectivity index (χ1n) is 7.97. The van der Waals surface area contributed by atoms with Gasteiger partial charge in [0.2, 0.25) is 0 Å². The number of Topliss-reactive ketones (excluding diaryl/α,β-unsaturated/α-hetero) is 3. The van der Waals surface area contributed by atoms with Gasteiger partial charge in [0.15, 0.2) is 0 Å². The van der Waals surface area contributed by atoms with Gasteiger partial charge in [0.1, 0.15) is 17.3 Å². The summed E-state index contributed by atoms with van der Waals surface area (Å²) in [5.74, 6) is 6.40. The van der Waals surface area contributed by atoms with Gasteiger partial charge in [-0.2, -0.15) is 35.3 Å². The van der Waals surface area contributed by atoms with Crippen LogP contribution in [0.15, 0.2) is 0 Å². The van der Waals surface area contributed by atoms with Crippen molar-refractivity contribution in [1.29, 1.82) is 0 Å². The molecule has 3 nitrogen and oxygen atoms in total. The molecule has 0 saturated heterocycles. The van der Waals surface area contributed by atoms with Crippen molar-refractivity contribution in [1.82, 2.24) is 0 Å². The minimum Gasteiger partial charge on any atom is -0.300 e. The Morgan fingerprint density at radius 1 is 0.652 bits per heavy atom. The maximum atomic E-state index is 11.0. The molecule has 0 heterocycles. The molecule has 23 heavy (non-hydrogen) atoms. The summed E-state index contributed by atoms with van der Waals surface area (Å²) in [5.41, 5.74) is 0.171. The lowest BCUT2D eigenvalue weighted by Gasteiger charge is -2.29. The summed E-state index contributed by atoms with van der Waals surface area (Å²) in [6.07, 6.45) is 1.90. The second-order valence-corrected chi connectivity index (χ2v) is 9.64. The van der Waals surface area contributed by atoms with Gasteiger partial charge in [0, 0.05) is 53.8 Å². The molecule has 0 fully saturated rings. The number of carbonyl (C=O) groups is 3. The number of carbonyl (C=O) groups excluding carboxylic acids is 3. The van der Waals surface area contributed by atoms with Crippen molar-refractivity contribution < 1.29 is 14.4 Å². The lowest BCUT2D eigenvalue weighted by Crippen LogP contribution is -2.27. The van der Waals surface area contributed by atoms with E-state index in [1.807, 2.05) is 35.3 Å².